The van der Waals surface area contributed by atoms with Crippen molar-refractivity contribution in [2.24, 2.45) is 0 Å². The minimum atomic E-state index is -0.237. The molecule has 0 saturated carbocycles. The van der Waals surface area contributed by atoms with Gasteiger partial charge in [-0.2, -0.15) is 0 Å². The van der Waals surface area contributed by atoms with Crippen molar-refractivity contribution in [2.75, 3.05) is 6.61 Å². The zero-order valence-electron chi connectivity index (χ0n) is 9.00. The van der Waals surface area contributed by atoms with E-state index in [1.54, 1.807) is 0 Å². The Morgan fingerprint density at radius 2 is 2.00 bits per heavy atom. The first-order valence-electron chi connectivity index (χ1n) is 4.90. The topological polar surface area (TPSA) is 35.5 Å². The standard InChI is InChI=1S/C10H20O3/c1-5-7-12-8(3)10(6-2)13-9(4)11/h8,10H,5-7H2,1-4H3/t8-,10-/m1/s1. The number of ether oxygens (including phenoxy) is 2. The minimum Gasteiger partial charge on any atom is -0.460 e. The SMILES string of the molecule is CCCO[C@H](C)[C@@H](CC)OC(C)=O. The zero-order valence-corrected chi connectivity index (χ0v) is 9.00. The van der Waals surface area contributed by atoms with Gasteiger partial charge in [0, 0.05) is 13.5 Å². The predicted molar refractivity (Wildman–Crippen MR) is 51.6 cm³/mol. The lowest BCUT2D eigenvalue weighted by atomic mass is 10.2. The summed E-state index contributed by atoms with van der Waals surface area (Å²) in [6, 6.07) is 0. The van der Waals surface area contributed by atoms with Crippen molar-refractivity contribution >= 4 is 5.97 Å². The van der Waals surface area contributed by atoms with Gasteiger partial charge in [0.05, 0.1) is 6.10 Å². The van der Waals surface area contributed by atoms with E-state index in [0.717, 1.165) is 19.4 Å². The van der Waals surface area contributed by atoms with E-state index < -0.39 is 0 Å². The van der Waals surface area contributed by atoms with Crippen molar-refractivity contribution in [3.8, 4) is 0 Å². The highest BCUT2D eigenvalue weighted by Gasteiger charge is 2.18. The lowest BCUT2D eigenvalue weighted by Gasteiger charge is -2.22. The average Bonchev–Trinajstić information content (AvgIpc) is 2.09. The molecule has 3 nitrogen and oxygen atoms in total. The van der Waals surface area contributed by atoms with E-state index in [4.69, 9.17) is 9.47 Å². The van der Waals surface area contributed by atoms with Gasteiger partial charge < -0.3 is 9.47 Å². The van der Waals surface area contributed by atoms with Crippen molar-refractivity contribution in [1.29, 1.82) is 0 Å². The van der Waals surface area contributed by atoms with Crippen LogP contribution in [0.15, 0.2) is 0 Å². The molecule has 2 atom stereocenters. The van der Waals surface area contributed by atoms with Gasteiger partial charge in [-0.15, -0.1) is 0 Å². The molecule has 13 heavy (non-hydrogen) atoms. The fourth-order valence-electron chi connectivity index (χ4n) is 1.14. The molecule has 78 valence electrons. The highest BCUT2D eigenvalue weighted by Crippen LogP contribution is 2.08. The number of esters is 1. The monoisotopic (exact) mass is 188 g/mol. The van der Waals surface area contributed by atoms with E-state index in [0.29, 0.717) is 0 Å². The average molecular weight is 188 g/mol. The van der Waals surface area contributed by atoms with Crippen LogP contribution in [0.4, 0.5) is 0 Å². The summed E-state index contributed by atoms with van der Waals surface area (Å²) in [6.45, 7) is 8.12. The number of hydrogen-bond acceptors (Lipinski definition) is 3. The lowest BCUT2D eigenvalue weighted by molar-refractivity contribution is -0.154. The van der Waals surface area contributed by atoms with Gasteiger partial charge in [-0.25, -0.2) is 0 Å². The summed E-state index contributed by atoms with van der Waals surface area (Å²) in [4.78, 5) is 10.7. The van der Waals surface area contributed by atoms with Crippen LogP contribution >= 0.6 is 0 Å². The zero-order chi connectivity index (χ0) is 10.3. The smallest absolute Gasteiger partial charge is 0.302 e. The predicted octanol–water partition coefficient (Wildman–Crippen LogP) is 2.14. The molecule has 0 saturated heterocycles. The Kier molecular flexibility index (Phi) is 6.59. The Morgan fingerprint density at radius 1 is 1.38 bits per heavy atom. The summed E-state index contributed by atoms with van der Waals surface area (Å²) in [5, 5.41) is 0. The molecule has 0 aromatic carbocycles. The molecular weight excluding hydrogens is 168 g/mol. The summed E-state index contributed by atoms with van der Waals surface area (Å²) >= 11 is 0. The number of carbonyl (C=O) groups excluding carboxylic acids is 1. The third kappa shape index (κ3) is 5.64. The van der Waals surface area contributed by atoms with Gasteiger partial charge in [0.25, 0.3) is 0 Å². The quantitative estimate of drug-likeness (QED) is 0.599. The van der Waals surface area contributed by atoms with Gasteiger partial charge in [-0.3, -0.25) is 4.79 Å². The van der Waals surface area contributed by atoms with E-state index in [1.807, 2.05) is 13.8 Å². The molecule has 0 unspecified atom stereocenters. The van der Waals surface area contributed by atoms with E-state index in [1.165, 1.54) is 6.92 Å². The maximum Gasteiger partial charge on any atom is 0.302 e. The molecule has 3 heteroatoms. The van der Waals surface area contributed by atoms with Crippen LogP contribution < -0.4 is 0 Å². The van der Waals surface area contributed by atoms with Crippen LogP contribution in [-0.4, -0.2) is 24.8 Å². The molecule has 0 fully saturated rings. The normalized spacial score (nSPS) is 15.1. The van der Waals surface area contributed by atoms with Crippen LogP contribution in [0.5, 0.6) is 0 Å². The molecule has 0 aliphatic heterocycles. The first-order chi connectivity index (χ1) is 6.11. The van der Waals surface area contributed by atoms with Crippen molar-refractivity contribution < 1.29 is 14.3 Å². The van der Waals surface area contributed by atoms with Crippen LogP contribution in [0.25, 0.3) is 0 Å². The Labute approximate surface area is 80.4 Å². The number of hydrogen-bond donors (Lipinski definition) is 0. The van der Waals surface area contributed by atoms with Gasteiger partial charge in [0.2, 0.25) is 0 Å². The molecule has 0 aliphatic rings. The molecular formula is C10H20O3. The Morgan fingerprint density at radius 3 is 2.38 bits per heavy atom. The Balaban J connectivity index is 3.84. The van der Waals surface area contributed by atoms with E-state index in [9.17, 15) is 4.79 Å². The van der Waals surface area contributed by atoms with Crippen LogP contribution in [0.1, 0.15) is 40.5 Å². The van der Waals surface area contributed by atoms with Crippen LogP contribution in [-0.2, 0) is 14.3 Å². The lowest BCUT2D eigenvalue weighted by Crippen LogP contribution is -2.30. The van der Waals surface area contributed by atoms with E-state index >= 15 is 0 Å². The second-order valence-corrected chi connectivity index (χ2v) is 3.13. The molecule has 0 aromatic heterocycles. The van der Waals surface area contributed by atoms with Gasteiger partial charge >= 0.3 is 5.97 Å². The summed E-state index contributed by atoms with van der Waals surface area (Å²) in [6.07, 6.45) is 1.67. The van der Waals surface area contributed by atoms with E-state index in [-0.39, 0.29) is 18.2 Å². The third-order valence-electron chi connectivity index (χ3n) is 1.83. The van der Waals surface area contributed by atoms with Crippen molar-refractivity contribution in [1.82, 2.24) is 0 Å². The minimum absolute atomic E-state index is 0.00569. The van der Waals surface area contributed by atoms with Gasteiger partial charge in [-0.05, 0) is 19.8 Å². The summed E-state index contributed by atoms with van der Waals surface area (Å²) < 4.78 is 10.6. The molecule has 0 rings (SSSR count). The number of rotatable bonds is 6. The van der Waals surface area contributed by atoms with Crippen molar-refractivity contribution in [3.05, 3.63) is 0 Å². The van der Waals surface area contributed by atoms with E-state index in [2.05, 4.69) is 6.92 Å². The summed E-state index contributed by atoms with van der Waals surface area (Å²) in [5.41, 5.74) is 0. The molecule has 0 N–H and O–H groups in total. The molecule has 0 radical (unpaired) electrons. The first-order valence-corrected chi connectivity index (χ1v) is 4.90. The molecule has 0 spiro atoms. The molecule has 0 amide bonds. The third-order valence-corrected chi connectivity index (χ3v) is 1.83. The number of carbonyl (C=O) groups is 1. The van der Waals surface area contributed by atoms with Crippen LogP contribution in [0, 0.1) is 0 Å². The summed E-state index contributed by atoms with van der Waals surface area (Å²) in [7, 11) is 0. The van der Waals surface area contributed by atoms with Gasteiger partial charge in [-0.1, -0.05) is 13.8 Å². The maximum absolute atomic E-state index is 10.7. The molecule has 0 bridgehead atoms. The van der Waals surface area contributed by atoms with Crippen LogP contribution in [0.3, 0.4) is 0 Å². The first kappa shape index (κ1) is 12.4. The Hall–Kier alpha value is -0.570. The van der Waals surface area contributed by atoms with Gasteiger partial charge in [0.1, 0.15) is 6.10 Å². The largest absolute Gasteiger partial charge is 0.460 e. The highest BCUT2D eigenvalue weighted by atomic mass is 16.6. The second kappa shape index (κ2) is 6.89. The van der Waals surface area contributed by atoms with Crippen molar-refractivity contribution in [3.63, 3.8) is 0 Å². The maximum atomic E-state index is 10.7. The second-order valence-electron chi connectivity index (χ2n) is 3.13. The molecule has 0 aromatic rings. The Bertz CT molecular complexity index is 145. The fraction of sp³-hybridized carbons (Fsp3) is 0.900. The molecule has 0 heterocycles. The van der Waals surface area contributed by atoms with Gasteiger partial charge in [0.15, 0.2) is 0 Å². The van der Waals surface area contributed by atoms with Crippen molar-refractivity contribution in [2.45, 2.75) is 52.7 Å². The molecule has 0 aliphatic carbocycles. The fourth-order valence-corrected chi connectivity index (χ4v) is 1.14. The summed E-state index contributed by atoms with van der Waals surface area (Å²) in [5.74, 6) is -0.237. The highest BCUT2D eigenvalue weighted by molar-refractivity contribution is 5.66. The van der Waals surface area contributed by atoms with Crippen LogP contribution in [0.2, 0.25) is 0 Å².